The van der Waals surface area contributed by atoms with Gasteiger partial charge < -0.3 is 14.7 Å². The van der Waals surface area contributed by atoms with E-state index in [-0.39, 0.29) is 12.7 Å². The molecule has 0 aromatic heterocycles. The fourth-order valence-electron chi connectivity index (χ4n) is 1.77. The van der Waals surface area contributed by atoms with Gasteiger partial charge in [-0.2, -0.15) is 0 Å². The molecule has 2 rings (SSSR count). The molecule has 1 aromatic carbocycles. The predicted molar refractivity (Wildman–Crippen MR) is 55.8 cm³/mol. The number of anilines is 1. The number of fused-ring (bicyclic) bond motifs is 1. The first-order valence-corrected chi connectivity index (χ1v) is 4.96. The minimum absolute atomic E-state index is 0.0742. The van der Waals surface area contributed by atoms with Crippen molar-refractivity contribution in [1.29, 1.82) is 0 Å². The molecule has 0 saturated heterocycles. The van der Waals surface area contributed by atoms with Gasteiger partial charge in [0.2, 0.25) is 0 Å². The minimum atomic E-state index is -0.0927. The molecule has 0 radical (unpaired) electrons. The highest BCUT2D eigenvalue weighted by Crippen LogP contribution is 2.32. The third-order valence-corrected chi connectivity index (χ3v) is 2.51. The topological polar surface area (TPSA) is 32.7 Å². The minimum Gasteiger partial charge on any atom is -0.484 e. The standard InChI is InChI=1S/C11H15NO2/c1-2-12-7-9(8-13)14-11-6-4-3-5-10(11)12/h3-6,9,13H,2,7-8H2,1H3. The number of hydrogen-bond donors (Lipinski definition) is 1. The van der Waals surface area contributed by atoms with Gasteiger partial charge in [0.15, 0.2) is 0 Å². The second-order valence-corrected chi connectivity index (χ2v) is 3.43. The van der Waals surface area contributed by atoms with Crippen molar-refractivity contribution in [1.82, 2.24) is 0 Å². The summed E-state index contributed by atoms with van der Waals surface area (Å²) in [5.74, 6) is 0.875. The smallest absolute Gasteiger partial charge is 0.143 e. The van der Waals surface area contributed by atoms with Crippen molar-refractivity contribution in [3.8, 4) is 5.75 Å². The Morgan fingerprint density at radius 2 is 2.29 bits per heavy atom. The summed E-state index contributed by atoms with van der Waals surface area (Å²) in [4.78, 5) is 2.22. The SMILES string of the molecule is CCN1CC(CO)Oc2ccccc21. The highest BCUT2D eigenvalue weighted by Gasteiger charge is 2.23. The van der Waals surface area contributed by atoms with Crippen LogP contribution in [0.2, 0.25) is 0 Å². The predicted octanol–water partition coefficient (Wildman–Crippen LogP) is 1.27. The van der Waals surface area contributed by atoms with Crippen LogP contribution in [0.4, 0.5) is 5.69 Å². The molecular formula is C11H15NO2. The van der Waals surface area contributed by atoms with Gasteiger partial charge >= 0.3 is 0 Å². The molecule has 0 saturated carbocycles. The second kappa shape index (κ2) is 3.88. The van der Waals surface area contributed by atoms with Crippen LogP contribution in [-0.2, 0) is 0 Å². The Morgan fingerprint density at radius 3 is 3.00 bits per heavy atom. The second-order valence-electron chi connectivity index (χ2n) is 3.43. The van der Waals surface area contributed by atoms with E-state index in [0.717, 1.165) is 24.5 Å². The van der Waals surface area contributed by atoms with E-state index in [9.17, 15) is 0 Å². The Kier molecular flexibility index (Phi) is 2.59. The van der Waals surface area contributed by atoms with Crippen molar-refractivity contribution in [2.75, 3.05) is 24.6 Å². The van der Waals surface area contributed by atoms with Crippen molar-refractivity contribution >= 4 is 5.69 Å². The summed E-state index contributed by atoms with van der Waals surface area (Å²) in [6, 6.07) is 7.95. The van der Waals surface area contributed by atoms with Crippen LogP contribution >= 0.6 is 0 Å². The number of ether oxygens (including phenoxy) is 1. The molecule has 1 unspecified atom stereocenters. The van der Waals surface area contributed by atoms with Crippen molar-refractivity contribution in [3.05, 3.63) is 24.3 Å². The molecule has 0 fully saturated rings. The highest BCUT2D eigenvalue weighted by molar-refractivity contribution is 5.59. The van der Waals surface area contributed by atoms with Gasteiger partial charge in [0.05, 0.1) is 18.8 Å². The lowest BCUT2D eigenvalue weighted by atomic mass is 10.2. The van der Waals surface area contributed by atoms with Crippen LogP contribution in [0, 0.1) is 0 Å². The maximum atomic E-state index is 9.08. The third kappa shape index (κ3) is 1.55. The Balaban J connectivity index is 2.31. The van der Waals surface area contributed by atoms with Gasteiger partial charge in [-0.1, -0.05) is 12.1 Å². The van der Waals surface area contributed by atoms with Gasteiger partial charge in [-0.25, -0.2) is 0 Å². The highest BCUT2D eigenvalue weighted by atomic mass is 16.5. The summed E-state index contributed by atoms with van der Waals surface area (Å²) in [6.45, 7) is 3.89. The van der Waals surface area contributed by atoms with E-state index in [0.29, 0.717) is 0 Å². The Labute approximate surface area is 83.9 Å². The average Bonchev–Trinajstić information content (AvgIpc) is 2.27. The number of para-hydroxylation sites is 2. The monoisotopic (exact) mass is 193 g/mol. The van der Waals surface area contributed by atoms with E-state index in [4.69, 9.17) is 9.84 Å². The molecule has 14 heavy (non-hydrogen) atoms. The van der Waals surface area contributed by atoms with Gasteiger partial charge in [-0.15, -0.1) is 0 Å². The molecule has 1 aliphatic rings. The van der Waals surface area contributed by atoms with Crippen molar-refractivity contribution in [2.45, 2.75) is 13.0 Å². The molecule has 3 heteroatoms. The molecule has 1 aliphatic heterocycles. The van der Waals surface area contributed by atoms with E-state index in [1.807, 2.05) is 24.3 Å². The lowest BCUT2D eigenvalue weighted by Gasteiger charge is -2.34. The summed E-state index contributed by atoms with van der Waals surface area (Å²) < 4.78 is 5.62. The largest absolute Gasteiger partial charge is 0.484 e. The molecule has 0 spiro atoms. The molecular weight excluding hydrogens is 178 g/mol. The van der Waals surface area contributed by atoms with Crippen LogP contribution in [0.5, 0.6) is 5.75 Å². The number of nitrogens with zero attached hydrogens (tertiary/aromatic N) is 1. The lowest BCUT2D eigenvalue weighted by Crippen LogP contribution is -2.41. The van der Waals surface area contributed by atoms with Crippen LogP contribution < -0.4 is 9.64 Å². The molecule has 1 aromatic rings. The first-order chi connectivity index (χ1) is 6.85. The zero-order valence-corrected chi connectivity index (χ0v) is 8.31. The van der Waals surface area contributed by atoms with Crippen LogP contribution in [0.1, 0.15) is 6.92 Å². The summed E-state index contributed by atoms with van der Waals surface area (Å²) >= 11 is 0. The van der Waals surface area contributed by atoms with E-state index in [1.165, 1.54) is 0 Å². The van der Waals surface area contributed by atoms with E-state index in [1.54, 1.807) is 0 Å². The Morgan fingerprint density at radius 1 is 1.50 bits per heavy atom. The van der Waals surface area contributed by atoms with Gasteiger partial charge in [0, 0.05) is 6.54 Å². The Hall–Kier alpha value is -1.22. The van der Waals surface area contributed by atoms with Gasteiger partial charge in [0.1, 0.15) is 11.9 Å². The van der Waals surface area contributed by atoms with Gasteiger partial charge in [0.25, 0.3) is 0 Å². The molecule has 0 bridgehead atoms. The maximum Gasteiger partial charge on any atom is 0.143 e. The number of aliphatic hydroxyl groups excluding tert-OH is 1. The quantitative estimate of drug-likeness (QED) is 0.767. The number of benzene rings is 1. The van der Waals surface area contributed by atoms with Crippen LogP contribution in [-0.4, -0.2) is 30.9 Å². The summed E-state index contributed by atoms with van der Waals surface area (Å²) in [5, 5.41) is 9.08. The molecule has 1 atom stereocenters. The third-order valence-electron chi connectivity index (χ3n) is 2.51. The normalized spacial score (nSPS) is 20.1. The zero-order valence-electron chi connectivity index (χ0n) is 8.31. The summed E-state index contributed by atoms with van der Waals surface area (Å²) in [6.07, 6.45) is -0.0927. The number of rotatable bonds is 2. The van der Waals surface area contributed by atoms with E-state index < -0.39 is 0 Å². The Bertz CT molecular complexity index is 314. The molecule has 3 nitrogen and oxygen atoms in total. The summed E-state index contributed by atoms with van der Waals surface area (Å²) in [7, 11) is 0. The first kappa shape index (κ1) is 9.34. The average molecular weight is 193 g/mol. The fourth-order valence-corrected chi connectivity index (χ4v) is 1.77. The van der Waals surface area contributed by atoms with Gasteiger partial charge in [-0.3, -0.25) is 0 Å². The van der Waals surface area contributed by atoms with E-state index in [2.05, 4.69) is 11.8 Å². The molecule has 0 amide bonds. The van der Waals surface area contributed by atoms with Crippen molar-refractivity contribution in [3.63, 3.8) is 0 Å². The van der Waals surface area contributed by atoms with Crippen molar-refractivity contribution < 1.29 is 9.84 Å². The number of aliphatic hydroxyl groups is 1. The molecule has 76 valence electrons. The van der Waals surface area contributed by atoms with Gasteiger partial charge in [-0.05, 0) is 19.1 Å². The van der Waals surface area contributed by atoms with E-state index >= 15 is 0 Å². The van der Waals surface area contributed by atoms with Crippen LogP contribution in [0.3, 0.4) is 0 Å². The summed E-state index contributed by atoms with van der Waals surface area (Å²) in [5.41, 5.74) is 1.12. The lowest BCUT2D eigenvalue weighted by molar-refractivity contribution is 0.112. The molecule has 1 N–H and O–H groups in total. The maximum absolute atomic E-state index is 9.08. The molecule has 1 heterocycles. The fraction of sp³-hybridized carbons (Fsp3) is 0.455. The number of likely N-dealkylation sites (N-methyl/N-ethyl adjacent to an activating group) is 1. The van der Waals surface area contributed by atoms with Crippen LogP contribution in [0.25, 0.3) is 0 Å². The van der Waals surface area contributed by atoms with Crippen LogP contribution in [0.15, 0.2) is 24.3 Å². The zero-order chi connectivity index (χ0) is 9.97. The molecule has 0 aliphatic carbocycles. The first-order valence-electron chi connectivity index (χ1n) is 4.96. The number of hydrogen-bond acceptors (Lipinski definition) is 3. The van der Waals surface area contributed by atoms with Crippen molar-refractivity contribution in [2.24, 2.45) is 0 Å².